The van der Waals surface area contributed by atoms with Gasteiger partial charge in [0, 0.05) is 0 Å². The molecule has 25 heavy (non-hydrogen) atoms. The van der Waals surface area contributed by atoms with Crippen molar-refractivity contribution in [1.29, 1.82) is 0 Å². The van der Waals surface area contributed by atoms with Crippen LogP contribution in [0, 0.1) is 0 Å². The Balaban J connectivity index is 1.79. The number of hydrogen-bond donors (Lipinski definition) is 0. The highest BCUT2D eigenvalue weighted by Gasteiger charge is 2.57. The van der Waals surface area contributed by atoms with E-state index < -0.39 is 17.4 Å². The number of rotatable bonds is 5. The Labute approximate surface area is 151 Å². The van der Waals surface area contributed by atoms with Gasteiger partial charge in [-0.15, -0.1) is 0 Å². The highest BCUT2D eigenvalue weighted by molar-refractivity contribution is 4.99. The second-order valence-electron chi connectivity index (χ2n) is 8.71. The molecule has 0 aromatic heterocycles. The fourth-order valence-electron chi connectivity index (χ4n) is 4.01. The Hall–Kier alpha value is -0.240. The molecule has 5 atom stereocenters. The summed E-state index contributed by atoms with van der Waals surface area (Å²) >= 11 is 0. The van der Waals surface area contributed by atoms with E-state index in [0.29, 0.717) is 6.61 Å². The van der Waals surface area contributed by atoms with E-state index in [1.165, 1.54) is 0 Å². The van der Waals surface area contributed by atoms with Crippen LogP contribution in [0.1, 0.15) is 67.7 Å². The van der Waals surface area contributed by atoms with Gasteiger partial charge in [0.2, 0.25) is 0 Å². The van der Waals surface area contributed by atoms with Crippen LogP contribution < -0.4 is 0 Å². The van der Waals surface area contributed by atoms with Crippen LogP contribution in [0.25, 0.3) is 0 Å². The summed E-state index contributed by atoms with van der Waals surface area (Å²) in [7, 11) is 0. The molecule has 3 rings (SSSR count). The van der Waals surface area contributed by atoms with Gasteiger partial charge in [-0.1, -0.05) is 19.8 Å². The van der Waals surface area contributed by atoms with Gasteiger partial charge in [-0.25, -0.2) is 0 Å². The molecular formula is C19H34O6. The smallest absolute Gasteiger partial charge is 0.164 e. The predicted octanol–water partition coefficient (Wildman–Crippen LogP) is 3.37. The summed E-state index contributed by atoms with van der Waals surface area (Å²) in [4.78, 5) is 0. The molecule has 0 saturated carbocycles. The lowest BCUT2D eigenvalue weighted by Gasteiger charge is -2.28. The minimum absolute atomic E-state index is 0.00437. The van der Waals surface area contributed by atoms with Crippen molar-refractivity contribution in [2.24, 2.45) is 0 Å². The second kappa shape index (κ2) is 6.73. The fraction of sp³-hybridized carbons (Fsp3) is 1.00. The number of hydrogen-bond acceptors (Lipinski definition) is 6. The monoisotopic (exact) mass is 358 g/mol. The van der Waals surface area contributed by atoms with Crippen molar-refractivity contribution >= 4 is 0 Å². The molecule has 0 radical (unpaired) electrons. The molecule has 6 heteroatoms. The Morgan fingerprint density at radius 2 is 1.32 bits per heavy atom. The molecule has 3 heterocycles. The maximum Gasteiger partial charge on any atom is 0.164 e. The zero-order valence-corrected chi connectivity index (χ0v) is 16.7. The molecule has 0 amide bonds. The van der Waals surface area contributed by atoms with E-state index in [0.717, 1.165) is 19.3 Å². The quantitative estimate of drug-likeness (QED) is 0.751. The maximum absolute atomic E-state index is 6.27. The van der Waals surface area contributed by atoms with Gasteiger partial charge in [-0.2, -0.15) is 0 Å². The Morgan fingerprint density at radius 3 is 1.92 bits per heavy atom. The topological polar surface area (TPSA) is 55.4 Å². The SMILES string of the molecule is CCCC[C@@H]1OC(C)(C)O[C@@H]1[C@H]1OC(C)(C)O[C@@H]1[C@H]1COC(C)(C)O1. The van der Waals surface area contributed by atoms with Crippen molar-refractivity contribution in [2.75, 3.05) is 6.61 Å². The van der Waals surface area contributed by atoms with Crippen LogP contribution in [-0.2, 0) is 28.4 Å². The van der Waals surface area contributed by atoms with Crippen molar-refractivity contribution in [2.45, 2.75) is 116 Å². The van der Waals surface area contributed by atoms with Crippen LogP contribution in [0.5, 0.6) is 0 Å². The first-order valence-electron chi connectivity index (χ1n) is 9.55. The van der Waals surface area contributed by atoms with Crippen LogP contribution >= 0.6 is 0 Å². The zero-order valence-electron chi connectivity index (χ0n) is 16.7. The molecule has 146 valence electrons. The Kier molecular flexibility index (Phi) is 5.26. The first-order valence-corrected chi connectivity index (χ1v) is 9.55. The summed E-state index contributed by atoms with van der Waals surface area (Å²) in [5.41, 5.74) is 0. The lowest BCUT2D eigenvalue weighted by atomic mass is 9.96. The van der Waals surface area contributed by atoms with Crippen LogP contribution in [0.15, 0.2) is 0 Å². The van der Waals surface area contributed by atoms with Crippen molar-refractivity contribution in [3.63, 3.8) is 0 Å². The zero-order chi connectivity index (χ0) is 18.5. The van der Waals surface area contributed by atoms with Gasteiger partial charge in [0.15, 0.2) is 17.4 Å². The van der Waals surface area contributed by atoms with Crippen LogP contribution in [0.4, 0.5) is 0 Å². The molecule has 6 nitrogen and oxygen atoms in total. The van der Waals surface area contributed by atoms with Gasteiger partial charge in [-0.3, -0.25) is 0 Å². The molecule has 3 aliphatic heterocycles. The molecule has 0 N–H and O–H groups in total. The average molecular weight is 358 g/mol. The van der Waals surface area contributed by atoms with E-state index in [1.807, 2.05) is 41.5 Å². The highest BCUT2D eigenvalue weighted by atomic mass is 16.8. The number of unbranched alkanes of at least 4 members (excludes halogenated alkanes) is 1. The summed E-state index contributed by atoms with van der Waals surface area (Å²) in [6.45, 7) is 14.3. The summed E-state index contributed by atoms with van der Waals surface area (Å²) in [5.74, 6) is -1.90. The molecule has 3 aliphatic rings. The Morgan fingerprint density at radius 1 is 0.720 bits per heavy atom. The molecule has 3 fully saturated rings. The van der Waals surface area contributed by atoms with Gasteiger partial charge in [-0.05, 0) is 48.0 Å². The van der Waals surface area contributed by atoms with Crippen LogP contribution in [0.3, 0.4) is 0 Å². The minimum Gasteiger partial charge on any atom is -0.348 e. The molecule has 0 bridgehead atoms. The molecule has 0 unspecified atom stereocenters. The highest BCUT2D eigenvalue weighted by Crippen LogP contribution is 2.42. The largest absolute Gasteiger partial charge is 0.348 e. The standard InChI is InChI=1S/C19H34O6/c1-8-9-10-12-14(23-18(4,5)21-12)16-15(24-19(6,7)25-16)13-11-20-17(2,3)22-13/h12-16H,8-11H2,1-7H3/t12-,13+,14-,15+,16+/m0/s1. The van der Waals surface area contributed by atoms with Crippen LogP contribution in [-0.4, -0.2) is 54.5 Å². The summed E-state index contributed by atoms with van der Waals surface area (Å²) < 4.78 is 36.7. The predicted molar refractivity (Wildman–Crippen MR) is 92.1 cm³/mol. The van der Waals surface area contributed by atoms with E-state index in [4.69, 9.17) is 28.4 Å². The van der Waals surface area contributed by atoms with Crippen molar-refractivity contribution < 1.29 is 28.4 Å². The van der Waals surface area contributed by atoms with Crippen LogP contribution in [0.2, 0.25) is 0 Å². The molecule has 0 spiro atoms. The molecule has 3 saturated heterocycles. The van der Waals surface area contributed by atoms with Gasteiger partial charge in [0.05, 0.1) is 12.7 Å². The third kappa shape index (κ3) is 4.37. The van der Waals surface area contributed by atoms with E-state index in [2.05, 4.69) is 6.92 Å². The first-order chi connectivity index (χ1) is 11.5. The molecule has 0 aliphatic carbocycles. The second-order valence-corrected chi connectivity index (χ2v) is 8.71. The van der Waals surface area contributed by atoms with Gasteiger partial charge in [0.25, 0.3) is 0 Å². The van der Waals surface area contributed by atoms with Gasteiger partial charge < -0.3 is 28.4 Å². The maximum atomic E-state index is 6.27. The summed E-state index contributed by atoms with van der Waals surface area (Å²) in [5, 5.41) is 0. The van der Waals surface area contributed by atoms with E-state index >= 15 is 0 Å². The van der Waals surface area contributed by atoms with E-state index in [9.17, 15) is 0 Å². The van der Waals surface area contributed by atoms with Crippen molar-refractivity contribution in [3.05, 3.63) is 0 Å². The van der Waals surface area contributed by atoms with Gasteiger partial charge in [0.1, 0.15) is 24.4 Å². The minimum atomic E-state index is -0.684. The van der Waals surface area contributed by atoms with E-state index in [-0.39, 0.29) is 30.5 Å². The lowest BCUT2D eigenvalue weighted by Crippen LogP contribution is -2.47. The van der Waals surface area contributed by atoms with E-state index in [1.54, 1.807) is 0 Å². The average Bonchev–Trinajstić information content (AvgIpc) is 3.09. The Bertz CT molecular complexity index is 475. The normalized spacial score (nSPS) is 42.1. The number of ether oxygens (including phenoxy) is 6. The lowest BCUT2D eigenvalue weighted by molar-refractivity contribution is -0.178. The fourth-order valence-corrected chi connectivity index (χ4v) is 4.01. The first kappa shape index (κ1) is 19.5. The summed E-state index contributed by atoms with van der Waals surface area (Å²) in [6, 6.07) is 0. The summed E-state index contributed by atoms with van der Waals surface area (Å²) in [6.07, 6.45) is 2.31. The third-order valence-corrected chi connectivity index (χ3v) is 4.95. The molecule has 0 aromatic rings. The van der Waals surface area contributed by atoms with Crippen molar-refractivity contribution in [1.82, 2.24) is 0 Å². The van der Waals surface area contributed by atoms with Crippen molar-refractivity contribution in [3.8, 4) is 0 Å². The third-order valence-electron chi connectivity index (χ3n) is 4.95. The molecular weight excluding hydrogens is 324 g/mol. The van der Waals surface area contributed by atoms with Gasteiger partial charge >= 0.3 is 0 Å². The molecule has 0 aromatic carbocycles.